The fourth-order valence-corrected chi connectivity index (χ4v) is 4.25. The summed E-state index contributed by atoms with van der Waals surface area (Å²) in [6, 6.07) is 3.62. The molecule has 1 aliphatic rings. The molecule has 0 saturated heterocycles. The highest BCUT2D eigenvalue weighted by molar-refractivity contribution is 7.14. The molecule has 3 N–H and O–H groups in total. The molecule has 1 fully saturated rings. The highest BCUT2D eigenvalue weighted by Crippen LogP contribution is 2.34. The van der Waals surface area contributed by atoms with Crippen LogP contribution in [0.1, 0.15) is 52.8 Å². The van der Waals surface area contributed by atoms with Crippen molar-refractivity contribution in [3.63, 3.8) is 0 Å². The van der Waals surface area contributed by atoms with Gasteiger partial charge in [0.1, 0.15) is 0 Å². The molecule has 0 aromatic carbocycles. The topological polar surface area (TPSA) is 107 Å². The summed E-state index contributed by atoms with van der Waals surface area (Å²) in [4.78, 5) is 21.6. The number of nitrogens with one attached hydrogen (secondary N) is 1. The van der Waals surface area contributed by atoms with Crippen LogP contribution in [-0.4, -0.2) is 21.0 Å². The van der Waals surface area contributed by atoms with Crippen LogP contribution in [0.3, 0.4) is 0 Å². The van der Waals surface area contributed by atoms with Crippen molar-refractivity contribution < 1.29 is 9.32 Å². The van der Waals surface area contributed by atoms with Crippen molar-refractivity contribution in [3.8, 4) is 0 Å². The van der Waals surface area contributed by atoms with E-state index in [4.69, 9.17) is 10.3 Å². The Labute approximate surface area is 164 Å². The first-order valence-electron chi connectivity index (χ1n) is 8.04. The fraction of sp³-hybridized carbons (Fsp3) is 0.375. The third-order valence-electron chi connectivity index (χ3n) is 4.26. The second-order valence-electron chi connectivity index (χ2n) is 6.13. The fourth-order valence-electron chi connectivity index (χ4n) is 2.93. The largest absolute Gasteiger partial charge is 0.339 e. The molecule has 3 aromatic heterocycles. The first kappa shape index (κ1) is 19.0. The van der Waals surface area contributed by atoms with Gasteiger partial charge in [-0.1, -0.05) is 24.1 Å². The molecule has 0 bridgehead atoms. The molecule has 0 spiro atoms. The van der Waals surface area contributed by atoms with Crippen LogP contribution in [0.4, 0.5) is 5.13 Å². The molecular weight excluding hydrogens is 394 g/mol. The van der Waals surface area contributed by atoms with Crippen LogP contribution in [0.25, 0.3) is 0 Å². The molecule has 1 aliphatic carbocycles. The molecule has 138 valence electrons. The number of carbonyl (C=O) groups is 1. The number of hydrogen-bond acceptors (Lipinski definition) is 8. The van der Waals surface area contributed by atoms with E-state index in [9.17, 15) is 4.79 Å². The zero-order valence-corrected chi connectivity index (χ0v) is 16.3. The monoisotopic (exact) mass is 411 g/mol. The highest BCUT2D eigenvalue weighted by atomic mass is 35.5. The number of halogens is 1. The maximum Gasteiger partial charge on any atom is 0.267 e. The Morgan fingerprint density at radius 1 is 1.31 bits per heavy atom. The third-order valence-corrected chi connectivity index (χ3v) is 5.93. The van der Waals surface area contributed by atoms with Crippen LogP contribution in [0.2, 0.25) is 0 Å². The Hall–Kier alpha value is -1.81. The molecule has 1 saturated carbocycles. The number of carbonyl (C=O) groups excluding carboxylic acids is 1. The first-order chi connectivity index (χ1) is 12.1. The Balaban J connectivity index is 0.00000196. The maximum atomic E-state index is 12.0. The number of hydrogen-bond donors (Lipinski definition) is 2. The van der Waals surface area contributed by atoms with Gasteiger partial charge in [0.25, 0.3) is 5.91 Å². The van der Waals surface area contributed by atoms with Gasteiger partial charge >= 0.3 is 0 Å². The van der Waals surface area contributed by atoms with Gasteiger partial charge < -0.3 is 10.3 Å². The number of anilines is 1. The van der Waals surface area contributed by atoms with Gasteiger partial charge in [-0.2, -0.15) is 4.98 Å². The summed E-state index contributed by atoms with van der Waals surface area (Å²) in [6.07, 6.45) is 4.40. The minimum atomic E-state index is -0.455. The predicted molar refractivity (Wildman–Crippen MR) is 103 cm³/mol. The Morgan fingerprint density at radius 3 is 2.85 bits per heavy atom. The smallest absolute Gasteiger partial charge is 0.267 e. The summed E-state index contributed by atoms with van der Waals surface area (Å²) in [6.45, 7) is 0. The molecule has 0 atom stereocenters. The molecule has 0 aliphatic heterocycles. The van der Waals surface area contributed by atoms with Crippen molar-refractivity contribution in [1.29, 1.82) is 0 Å². The van der Waals surface area contributed by atoms with E-state index in [0.29, 0.717) is 28.1 Å². The molecule has 3 aromatic rings. The van der Waals surface area contributed by atoms with Gasteiger partial charge in [-0.15, -0.1) is 35.1 Å². The number of thiophene rings is 1. The van der Waals surface area contributed by atoms with E-state index in [2.05, 4.69) is 20.4 Å². The van der Waals surface area contributed by atoms with Crippen molar-refractivity contribution >= 4 is 46.1 Å². The summed E-state index contributed by atoms with van der Waals surface area (Å²) in [5.41, 5.74) is 6.67. The molecule has 7 nitrogen and oxygen atoms in total. The van der Waals surface area contributed by atoms with Gasteiger partial charge in [0.2, 0.25) is 5.89 Å². The molecule has 10 heteroatoms. The molecule has 4 rings (SSSR count). The average Bonchev–Trinajstić information content (AvgIpc) is 3.35. The molecule has 26 heavy (non-hydrogen) atoms. The summed E-state index contributed by atoms with van der Waals surface area (Å²) in [5.74, 6) is 0.928. The number of amides is 1. The minimum absolute atomic E-state index is 0. The molecule has 0 radical (unpaired) electrons. The van der Waals surface area contributed by atoms with E-state index >= 15 is 0 Å². The van der Waals surface area contributed by atoms with Gasteiger partial charge in [0, 0.05) is 5.38 Å². The predicted octanol–water partition coefficient (Wildman–Crippen LogP) is 3.58. The highest BCUT2D eigenvalue weighted by Gasteiger charge is 2.35. The average molecular weight is 412 g/mol. The summed E-state index contributed by atoms with van der Waals surface area (Å²) in [5, 5.41) is 11.1. The third kappa shape index (κ3) is 3.96. The van der Waals surface area contributed by atoms with Crippen LogP contribution in [-0.2, 0) is 12.0 Å². The van der Waals surface area contributed by atoms with Crippen molar-refractivity contribution in [2.75, 3.05) is 5.32 Å². The lowest BCUT2D eigenvalue weighted by Gasteiger charge is -2.17. The van der Waals surface area contributed by atoms with Crippen molar-refractivity contribution in [1.82, 2.24) is 15.1 Å². The Bertz CT molecular complexity index is 871. The van der Waals surface area contributed by atoms with Gasteiger partial charge in [-0.3, -0.25) is 10.1 Å². The number of thiazole rings is 1. The van der Waals surface area contributed by atoms with Crippen molar-refractivity contribution in [2.45, 2.75) is 37.6 Å². The zero-order chi connectivity index (χ0) is 17.3. The summed E-state index contributed by atoms with van der Waals surface area (Å²) >= 11 is 2.77. The number of aromatic nitrogens is 3. The number of rotatable bonds is 5. The molecule has 1 amide bonds. The quantitative estimate of drug-likeness (QED) is 0.664. The van der Waals surface area contributed by atoms with E-state index < -0.39 is 5.54 Å². The molecule has 3 heterocycles. The Morgan fingerprint density at radius 2 is 2.12 bits per heavy atom. The normalized spacial score (nSPS) is 15.6. The lowest BCUT2D eigenvalue weighted by atomic mass is 9.99. The van der Waals surface area contributed by atoms with Gasteiger partial charge in [-0.25, -0.2) is 4.98 Å². The second kappa shape index (κ2) is 7.83. The van der Waals surface area contributed by atoms with Crippen LogP contribution in [0, 0.1) is 0 Å². The van der Waals surface area contributed by atoms with Crippen molar-refractivity contribution in [3.05, 3.63) is 45.2 Å². The standard InChI is InChI=1S/C16H17N5O2S2.ClH/c17-16(5-1-2-6-16)14-19-12(23-21-14)8-10-9-25-15(18-10)20-13(22)11-4-3-7-24-11;/h3-4,7,9H,1-2,5-6,8,17H2,(H,18,20,22);1H. The SMILES string of the molecule is Cl.NC1(c2noc(Cc3csc(NC(=O)c4cccs4)n3)n2)CCCC1. The molecule has 0 unspecified atom stereocenters. The number of nitrogens with zero attached hydrogens (tertiary/aromatic N) is 3. The molecular formula is C16H18ClN5O2S2. The summed E-state index contributed by atoms with van der Waals surface area (Å²) < 4.78 is 5.33. The minimum Gasteiger partial charge on any atom is -0.339 e. The zero-order valence-electron chi connectivity index (χ0n) is 13.8. The Kier molecular flexibility index (Phi) is 5.71. The van der Waals surface area contributed by atoms with Crippen molar-refractivity contribution in [2.24, 2.45) is 5.73 Å². The van der Waals surface area contributed by atoms with E-state index in [1.54, 1.807) is 6.07 Å². The van der Waals surface area contributed by atoms with Crippen LogP contribution in [0.5, 0.6) is 0 Å². The van der Waals surface area contributed by atoms with Crippen LogP contribution in [0.15, 0.2) is 27.4 Å². The van der Waals surface area contributed by atoms with Crippen LogP contribution < -0.4 is 11.1 Å². The van der Waals surface area contributed by atoms with E-state index in [0.717, 1.165) is 31.4 Å². The second-order valence-corrected chi connectivity index (χ2v) is 7.93. The maximum absolute atomic E-state index is 12.0. The lowest BCUT2D eigenvalue weighted by molar-refractivity contribution is 0.103. The number of nitrogens with two attached hydrogens (primary N) is 1. The van der Waals surface area contributed by atoms with E-state index in [-0.39, 0.29) is 18.3 Å². The van der Waals surface area contributed by atoms with Gasteiger partial charge in [0.05, 0.1) is 22.5 Å². The van der Waals surface area contributed by atoms with Gasteiger partial charge in [-0.05, 0) is 24.3 Å². The van der Waals surface area contributed by atoms with Crippen LogP contribution >= 0.6 is 35.1 Å². The van der Waals surface area contributed by atoms with Gasteiger partial charge in [0.15, 0.2) is 11.0 Å². The van der Waals surface area contributed by atoms with E-state index in [1.807, 2.05) is 16.8 Å². The lowest BCUT2D eigenvalue weighted by Crippen LogP contribution is -2.34. The first-order valence-corrected chi connectivity index (χ1v) is 9.79. The van der Waals surface area contributed by atoms with E-state index in [1.165, 1.54) is 22.7 Å². The summed E-state index contributed by atoms with van der Waals surface area (Å²) in [7, 11) is 0.